The molecule has 0 aliphatic rings. The largest absolute Gasteiger partial charge is 0.462 e. The average Bonchev–Trinajstić information content (AvgIpc) is 2.71. The van der Waals surface area contributed by atoms with Crippen LogP contribution in [0.5, 0.6) is 0 Å². The summed E-state index contributed by atoms with van der Waals surface area (Å²) in [6.45, 7) is 2.10. The number of nitrogens with one attached hydrogen (secondary N) is 1. The van der Waals surface area contributed by atoms with Crippen molar-refractivity contribution >= 4 is 44.9 Å². The summed E-state index contributed by atoms with van der Waals surface area (Å²) in [5.74, 6) is 0.158. The van der Waals surface area contributed by atoms with Gasteiger partial charge in [0.05, 0.1) is 17.6 Å². The minimum absolute atomic E-state index is 0.152. The molecule has 0 fully saturated rings. The van der Waals surface area contributed by atoms with Gasteiger partial charge in [-0.3, -0.25) is 0 Å². The van der Waals surface area contributed by atoms with Crippen LogP contribution >= 0.6 is 22.9 Å². The van der Waals surface area contributed by atoms with Crippen molar-refractivity contribution in [3.8, 4) is 0 Å². The molecule has 7 heteroatoms. The molecule has 0 bridgehead atoms. The minimum atomic E-state index is -0.374. The molecule has 2 heterocycles. The van der Waals surface area contributed by atoms with Gasteiger partial charge in [0.2, 0.25) is 5.28 Å². The van der Waals surface area contributed by atoms with E-state index in [9.17, 15) is 4.79 Å². The molecule has 0 saturated heterocycles. The second-order valence-corrected chi connectivity index (χ2v) is 4.34. The number of esters is 1. The zero-order chi connectivity index (χ0) is 12.4. The summed E-state index contributed by atoms with van der Waals surface area (Å²) in [5, 5.41) is 5.41. The number of nitrogens with zero attached hydrogens (tertiary/aromatic N) is 2. The van der Waals surface area contributed by atoms with Crippen molar-refractivity contribution < 1.29 is 9.53 Å². The van der Waals surface area contributed by atoms with Gasteiger partial charge in [-0.25, -0.2) is 14.8 Å². The van der Waals surface area contributed by atoms with E-state index in [1.165, 1.54) is 11.3 Å². The Morgan fingerprint density at radius 1 is 1.59 bits per heavy atom. The van der Waals surface area contributed by atoms with Gasteiger partial charge in [-0.2, -0.15) is 0 Å². The molecule has 0 aliphatic heterocycles. The van der Waals surface area contributed by atoms with E-state index in [2.05, 4.69) is 15.3 Å². The predicted molar refractivity (Wildman–Crippen MR) is 67.9 cm³/mol. The van der Waals surface area contributed by atoms with Gasteiger partial charge in [-0.05, 0) is 18.5 Å². The number of hydrogen-bond acceptors (Lipinski definition) is 6. The number of rotatable bonds is 3. The van der Waals surface area contributed by atoms with E-state index in [0.717, 1.165) is 0 Å². The van der Waals surface area contributed by atoms with Crippen LogP contribution in [0.2, 0.25) is 5.28 Å². The Balaban J connectivity index is 2.62. The van der Waals surface area contributed by atoms with Gasteiger partial charge in [-0.15, -0.1) is 11.3 Å². The van der Waals surface area contributed by atoms with E-state index in [4.69, 9.17) is 16.3 Å². The van der Waals surface area contributed by atoms with Crippen LogP contribution in [-0.4, -0.2) is 29.6 Å². The molecular formula is C10H10ClN3O2S. The second-order valence-electron chi connectivity index (χ2n) is 3.14. The molecule has 17 heavy (non-hydrogen) atoms. The third-order valence-corrected chi connectivity index (χ3v) is 3.18. The van der Waals surface area contributed by atoms with E-state index < -0.39 is 0 Å². The molecule has 0 spiro atoms. The van der Waals surface area contributed by atoms with Crippen LogP contribution in [0.15, 0.2) is 5.38 Å². The molecule has 1 N–H and O–H groups in total. The second kappa shape index (κ2) is 4.85. The molecule has 5 nitrogen and oxygen atoms in total. The highest BCUT2D eigenvalue weighted by atomic mass is 35.5. The maximum absolute atomic E-state index is 11.7. The summed E-state index contributed by atoms with van der Waals surface area (Å²) in [5.41, 5.74) is 0.466. The lowest BCUT2D eigenvalue weighted by atomic mass is 10.2. The Kier molecular flexibility index (Phi) is 3.44. The smallest absolute Gasteiger partial charge is 0.339 e. The first kappa shape index (κ1) is 12.1. The number of halogens is 1. The van der Waals surface area contributed by atoms with Crippen molar-refractivity contribution in [3.63, 3.8) is 0 Å². The molecule has 90 valence electrons. The number of hydrogen-bond donors (Lipinski definition) is 1. The van der Waals surface area contributed by atoms with Gasteiger partial charge in [-0.1, -0.05) is 0 Å². The Labute approximate surface area is 107 Å². The fraction of sp³-hybridized carbons (Fsp3) is 0.300. The van der Waals surface area contributed by atoms with E-state index in [1.54, 1.807) is 19.4 Å². The highest BCUT2D eigenvalue weighted by Crippen LogP contribution is 2.31. The summed E-state index contributed by atoms with van der Waals surface area (Å²) in [4.78, 5) is 20.5. The highest BCUT2D eigenvalue weighted by molar-refractivity contribution is 7.17. The molecular weight excluding hydrogens is 262 g/mol. The quantitative estimate of drug-likeness (QED) is 0.687. The Hall–Kier alpha value is -1.40. The standard InChI is InChI=1S/C10H10ClN3O2S/c1-3-16-9(15)5-4-17-8-6(5)7(12-2)13-10(11)14-8/h4H,3H2,1-2H3,(H,12,13,14). The number of carbonyl (C=O) groups is 1. The first-order valence-electron chi connectivity index (χ1n) is 4.97. The van der Waals surface area contributed by atoms with E-state index in [-0.39, 0.29) is 11.3 Å². The molecule has 2 aromatic rings. The molecule has 2 aromatic heterocycles. The Morgan fingerprint density at radius 3 is 3.00 bits per heavy atom. The van der Waals surface area contributed by atoms with Crippen molar-refractivity contribution in [2.75, 3.05) is 19.0 Å². The number of anilines is 1. The van der Waals surface area contributed by atoms with E-state index in [1.807, 2.05) is 0 Å². The monoisotopic (exact) mass is 271 g/mol. The maximum atomic E-state index is 11.7. The fourth-order valence-electron chi connectivity index (χ4n) is 1.46. The first-order valence-corrected chi connectivity index (χ1v) is 6.22. The zero-order valence-electron chi connectivity index (χ0n) is 9.28. The molecule has 2 rings (SSSR count). The van der Waals surface area contributed by atoms with Crippen LogP contribution in [0, 0.1) is 0 Å². The van der Waals surface area contributed by atoms with Crippen molar-refractivity contribution in [3.05, 3.63) is 16.2 Å². The van der Waals surface area contributed by atoms with E-state index in [0.29, 0.717) is 28.2 Å². The maximum Gasteiger partial charge on any atom is 0.339 e. The van der Waals surface area contributed by atoms with Crippen LogP contribution in [0.3, 0.4) is 0 Å². The van der Waals surface area contributed by atoms with Gasteiger partial charge in [0.25, 0.3) is 0 Å². The number of ether oxygens (including phenoxy) is 1. The van der Waals surface area contributed by atoms with Gasteiger partial charge in [0.15, 0.2) is 0 Å². The van der Waals surface area contributed by atoms with Crippen molar-refractivity contribution in [2.45, 2.75) is 6.92 Å². The van der Waals surface area contributed by atoms with Gasteiger partial charge in [0.1, 0.15) is 10.6 Å². The SMILES string of the molecule is CCOC(=O)c1csc2nc(Cl)nc(NC)c12. The average molecular weight is 272 g/mol. The van der Waals surface area contributed by atoms with Crippen LogP contribution in [0.4, 0.5) is 5.82 Å². The third-order valence-electron chi connectivity index (χ3n) is 2.14. The Morgan fingerprint density at radius 2 is 2.35 bits per heavy atom. The lowest BCUT2D eigenvalue weighted by Crippen LogP contribution is -2.05. The van der Waals surface area contributed by atoms with Gasteiger partial charge < -0.3 is 10.1 Å². The Bertz CT molecular complexity index is 570. The number of thiophene rings is 1. The normalized spacial score (nSPS) is 10.5. The number of aromatic nitrogens is 2. The summed E-state index contributed by atoms with van der Waals surface area (Å²) in [6.07, 6.45) is 0. The zero-order valence-corrected chi connectivity index (χ0v) is 10.9. The number of carbonyl (C=O) groups excluding carboxylic acids is 1. The van der Waals surface area contributed by atoms with Gasteiger partial charge in [0, 0.05) is 12.4 Å². The van der Waals surface area contributed by atoms with Crippen LogP contribution in [-0.2, 0) is 4.74 Å². The molecule has 0 unspecified atom stereocenters. The van der Waals surface area contributed by atoms with Crippen LogP contribution < -0.4 is 5.32 Å². The van der Waals surface area contributed by atoms with Crippen molar-refractivity contribution in [1.82, 2.24) is 9.97 Å². The summed E-state index contributed by atoms with van der Waals surface area (Å²) in [6, 6.07) is 0. The fourth-order valence-corrected chi connectivity index (χ4v) is 2.58. The van der Waals surface area contributed by atoms with Crippen LogP contribution in [0.25, 0.3) is 10.2 Å². The molecule has 0 aromatic carbocycles. The van der Waals surface area contributed by atoms with Crippen molar-refractivity contribution in [1.29, 1.82) is 0 Å². The topological polar surface area (TPSA) is 64.1 Å². The minimum Gasteiger partial charge on any atom is -0.462 e. The molecule has 0 atom stereocenters. The number of fused-ring (bicyclic) bond motifs is 1. The summed E-state index contributed by atoms with van der Waals surface area (Å²) >= 11 is 7.12. The third kappa shape index (κ3) is 2.18. The lowest BCUT2D eigenvalue weighted by molar-refractivity contribution is 0.0529. The predicted octanol–water partition coefficient (Wildman–Crippen LogP) is 2.56. The summed E-state index contributed by atoms with van der Waals surface area (Å²) in [7, 11) is 1.71. The van der Waals surface area contributed by atoms with Crippen molar-refractivity contribution in [2.24, 2.45) is 0 Å². The highest BCUT2D eigenvalue weighted by Gasteiger charge is 2.18. The lowest BCUT2D eigenvalue weighted by Gasteiger charge is -2.04. The summed E-state index contributed by atoms with van der Waals surface area (Å²) < 4.78 is 4.98. The van der Waals surface area contributed by atoms with Crippen LogP contribution in [0.1, 0.15) is 17.3 Å². The molecule has 0 saturated carbocycles. The first-order chi connectivity index (χ1) is 8.17. The molecule has 0 aliphatic carbocycles. The molecule has 0 radical (unpaired) electrons. The molecule has 0 amide bonds. The van der Waals surface area contributed by atoms with E-state index >= 15 is 0 Å². The van der Waals surface area contributed by atoms with Gasteiger partial charge >= 0.3 is 5.97 Å².